The van der Waals surface area contributed by atoms with Crippen molar-refractivity contribution in [1.29, 1.82) is 5.26 Å². The molecule has 8 rings (SSSR count). The quantitative estimate of drug-likeness (QED) is 0.244. The molecule has 62 heavy (non-hydrogen) atoms. The van der Waals surface area contributed by atoms with Gasteiger partial charge in [-0.05, 0) is 105 Å². The van der Waals surface area contributed by atoms with Gasteiger partial charge in [0.1, 0.15) is 30.3 Å². The zero-order valence-electron chi connectivity index (χ0n) is 36.4. The number of piperidine rings is 2. The molecule has 1 aliphatic carbocycles. The maximum absolute atomic E-state index is 13.6. The molecule has 4 heterocycles. The first kappa shape index (κ1) is 42.9. The predicted molar refractivity (Wildman–Crippen MR) is 230 cm³/mol. The highest BCUT2D eigenvalue weighted by Gasteiger charge is 2.64. The Morgan fingerprint density at radius 2 is 1.56 bits per heavy atom. The minimum absolute atomic E-state index is 0.0107. The van der Waals surface area contributed by atoms with Crippen LogP contribution in [0.15, 0.2) is 54.6 Å². The highest BCUT2D eigenvalue weighted by molar-refractivity contribution is 6.23. The Labute approximate surface area is 362 Å². The number of ether oxygens (including phenoxy) is 3. The zero-order valence-corrected chi connectivity index (χ0v) is 36.4. The summed E-state index contributed by atoms with van der Waals surface area (Å²) >= 11 is 0. The van der Waals surface area contributed by atoms with Crippen LogP contribution in [0.4, 0.5) is 5.69 Å². The summed E-state index contributed by atoms with van der Waals surface area (Å²) in [4.78, 5) is 69.9. The monoisotopic (exact) mass is 844 g/mol. The lowest BCUT2D eigenvalue weighted by molar-refractivity contribution is -0.164. The van der Waals surface area contributed by atoms with E-state index in [-0.39, 0.29) is 58.9 Å². The summed E-state index contributed by atoms with van der Waals surface area (Å²) in [6.07, 6.45) is 2.07. The summed E-state index contributed by atoms with van der Waals surface area (Å²) in [6.45, 7) is 17.4. The Bertz CT molecular complexity index is 2290. The second-order valence-electron chi connectivity index (χ2n) is 18.8. The van der Waals surface area contributed by atoms with Gasteiger partial charge in [-0.25, -0.2) is 0 Å². The number of nitrogens with zero attached hydrogens (tertiary/aromatic N) is 4. The molecule has 2 atom stereocenters. The van der Waals surface area contributed by atoms with Gasteiger partial charge in [0.15, 0.2) is 0 Å². The second kappa shape index (κ2) is 16.8. The largest absolute Gasteiger partial charge is 0.492 e. The molecule has 14 nitrogen and oxygen atoms in total. The van der Waals surface area contributed by atoms with E-state index in [0.717, 1.165) is 66.5 Å². The van der Waals surface area contributed by atoms with Gasteiger partial charge in [0.05, 0.1) is 42.0 Å². The fraction of sp³-hybridized carbons (Fsp3) is 0.500. The SMILES string of the molecule is Cc1cc(OC2C(C)(C)C(NC(=O)c3ccc(N4CCC(CN5CCOC[C@H]5COc5ccc6c(c5)C(=O)N(C5CCC(=O)NC5=O)C6=O)CC4)cc3)C2(C)C)cc(C)c1C#N. The van der Waals surface area contributed by atoms with Gasteiger partial charge in [0, 0.05) is 60.7 Å². The standard InChI is InChI=1S/C48H56N6O8/c1-28-21-35(22-29(2)38(28)24-49)62-46-47(3,4)45(48(46,5)6)51-41(56)31-7-9-32(10-8-31)52-17-15-30(16-18-52)25-53-19-20-60-26-33(53)27-61-34-11-12-36-37(23-34)44(59)54(43(36)58)39-13-14-40(55)50-42(39)57/h7-12,21-23,30,33,39,45-46H,13-20,25-27H2,1-6H3,(H,51,56)(H,50,55,57)/t33-,39?,45?,46?/m0/s1. The molecule has 0 aromatic heterocycles. The van der Waals surface area contributed by atoms with E-state index in [1.165, 1.54) is 0 Å². The average Bonchev–Trinajstić information content (AvgIpc) is 3.49. The topological polar surface area (TPSA) is 171 Å². The van der Waals surface area contributed by atoms with Crippen molar-refractivity contribution in [3.05, 3.63) is 88.0 Å². The van der Waals surface area contributed by atoms with Crippen LogP contribution in [0, 0.1) is 41.9 Å². The maximum atomic E-state index is 13.6. The Balaban J connectivity index is 0.812. The van der Waals surface area contributed by atoms with Crippen molar-refractivity contribution in [3.63, 3.8) is 0 Å². The molecule has 0 spiro atoms. The van der Waals surface area contributed by atoms with Gasteiger partial charge in [0.25, 0.3) is 17.7 Å². The minimum atomic E-state index is -1.02. The molecule has 0 radical (unpaired) electrons. The van der Waals surface area contributed by atoms with Gasteiger partial charge in [-0.15, -0.1) is 0 Å². The molecule has 3 saturated heterocycles. The summed E-state index contributed by atoms with van der Waals surface area (Å²) in [5.74, 6) is -0.587. The van der Waals surface area contributed by atoms with Crippen LogP contribution in [0.3, 0.4) is 0 Å². The van der Waals surface area contributed by atoms with Crippen LogP contribution in [-0.4, -0.2) is 110 Å². The third-order valence-corrected chi connectivity index (χ3v) is 13.8. The van der Waals surface area contributed by atoms with Crippen LogP contribution in [0.5, 0.6) is 11.5 Å². The van der Waals surface area contributed by atoms with E-state index < -0.39 is 29.7 Å². The van der Waals surface area contributed by atoms with E-state index in [4.69, 9.17) is 14.2 Å². The summed E-state index contributed by atoms with van der Waals surface area (Å²) in [5.41, 5.74) is 3.91. The normalized spacial score (nSPS) is 24.8. The first-order valence-electron chi connectivity index (χ1n) is 21.7. The van der Waals surface area contributed by atoms with Crippen LogP contribution in [-0.2, 0) is 14.3 Å². The summed E-state index contributed by atoms with van der Waals surface area (Å²) in [5, 5.41) is 15.0. The number of aryl methyl sites for hydroxylation is 2. The number of fused-ring (bicyclic) bond motifs is 1. The number of amides is 5. The van der Waals surface area contributed by atoms with Crippen molar-refractivity contribution in [2.45, 2.75) is 91.5 Å². The van der Waals surface area contributed by atoms with Crippen molar-refractivity contribution in [2.24, 2.45) is 16.7 Å². The fourth-order valence-corrected chi connectivity index (χ4v) is 10.7. The van der Waals surface area contributed by atoms with Crippen LogP contribution in [0.25, 0.3) is 0 Å². The second-order valence-corrected chi connectivity index (χ2v) is 18.8. The Morgan fingerprint density at radius 3 is 2.23 bits per heavy atom. The molecular formula is C48H56N6O8. The summed E-state index contributed by atoms with van der Waals surface area (Å²) in [7, 11) is 0. The fourth-order valence-electron chi connectivity index (χ4n) is 10.7. The van der Waals surface area contributed by atoms with E-state index in [0.29, 0.717) is 42.6 Å². The first-order valence-corrected chi connectivity index (χ1v) is 21.7. The number of hydrogen-bond acceptors (Lipinski definition) is 11. The number of hydrogen-bond donors (Lipinski definition) is 2. The Morgan fingerprint density at radius 1 is 0.887 bits per heavy atom. The van der Waals surface area contributed by atoms with E-state index in [2.05, 4.69) is 54.2 Å². The molecule has 3 aromatic carbocycles. The van der Waals surface area contributed by atoms with E-state index in [1.54, 1.807) is 18.2 Å². The van der Waals surface area contributed by atoms with E-state index in [9.17, 15) is 29.2 Å². The number of rotatable bonds is 11. The van der Waals surface area contributed by atoms with Gasteiger partial charge < -0.3 is 24.4 Å². The Kier molecular flexibility index (Phi) is 11.6. The molecule has 2 N–H and O–H groups in total. The molecule has 1 unspecified atom stereocenters. The molecule has 5 amide bonds. The molecule has 0 bridgehead atoms. The average molecular weight is 845 g/mol. The number of morpholine rings is 1. The van der Waals surface area contributed by atoms with Crippen LogP contribution in [0.2, 0.25) is 0 Å². The molecule has 326 valence electrons. The molecule has 4 fully saturated rings. The maximum Gasteiger partial charge on any atom is 0.262 e. The number of anilines is 1. The predicted octanol–water partition coefficient (Wildman–Crippen LogP) is 5.18. The molecule has 1 saturated carbocycles. The minimum Gasteiger partial charge on any atom is -0.492 e. The lowest BCUT2D eigenvalue weighted by Crippen LogP contribution is -2.74. The molecule has 14 heteroatoms. The number of carbonyl (C=O) groups excluding carboxylic acids is 5. The summed E-state index contributed by atoms with van der Waals surface area (Å²) in [6, 6.07) is 17.7. The highest BCUT2D eigenvalue weighted by atomic mass is 16.5. The lowest BCUT2D eigenvalue weighted by atomic mass is 9.49. The first-order chi connectivity index (χ1) is 29.6. The molecule has 3 aromatic rings. The number of imide groups is 2. The van der Waals surface area contributed by atoms with Gasteiger partial charge in [-0.3, -0.25) is 39.1 Å². The van der Waals surface area contributed by atoms with Crippen LogP contribution in [0.1, 0.15) is 101 Å². The number of nitrogens with one attached hydrogen (secondary N) is 2. The van der Waals surface area contributed by atoms with Crippen molar-refractivity contribution in [1.82, 2.24) is 20.4 Å². The lowest BCUT2D eigenvalue weighted by Gasteiger charge is -2.63. The van der Waals surface area contributed by atoms with Crippen LogP contribution < -0.4 is 25.0 Å². The van der Waals surface area contributed by atoms with Crippen molar-refractivity contribution >= 4 is 35.2 Å². The molecule has 4 aliphatic heterocycles. The van der Waals surface area contributed by atoms with Crippen molar-refractivity contribution < 1.29 is 38.2 Å². The molecular weight excluding hydrogens is 789 g/mol. The van der Waals surface area contributed by atoms with E-state index >= 15 is 0 Å². The van der Waals surface area contributed by atoms with Crippen LogP contribution >= 0.6 is 0 Å². The number of nitriles is 1. The summed E-state index contributed by atoms with van der Waals surface area (Å²) < 4.78 is 18.6. The highest BCUT2D eigenvalue weighted by Crippen LogP contribution is 2.55. The number of carbonyl (C=O) groups is 5. The van der Waals surface area contributed by atoms with E-state index in [1.807, 2.05) is 50.2 Å². The number of benzene rings is 3. The Hall–Kier alpha value is -5.78. The smallest absolute Gasteiger partial charge is 0.262 e. The zero-order chi connectivity index (χ0) is 44.1. The third-order valence-electron chi connectivity index (χ3n) is 13.8. The van der Waals surface area contributed by atoms with Gasteiger partial charge >= 0.3 is 0 Å². The molecule has 5 aliphatic rings. The van der Waals surface area contributed by atoms with Gasteiger partial charge in [-0.1, -0.05) is 27.7 Å². The van der Waals surface area contributed by atoms with Crippen molar-refractivity contribution in [2.75, 3.05) is 50.9 Å². The van der Waals surface area contributed by atoms with Crippen molar-refractivity contribution in [3.8, 4) is 17.6 Å². The van der Waals surface area contributed by atoms with Gasteiger partial charge in [-0.2, -0.15) is 5.26 Å². The third kappa shape index (κ3) is 8.04. The van der Waals surface area contributed by atoms with Gasteiger partial charge in [0.2, 0.25) is 11.8 Å².